The van der Waals surface area contributed by atoms with Gasteiger partial charge in [0.2, 0.25) is 0 Å². The van der Waals surface area contributed by atoms with Crippen LogP contribution in [0.3, 0.4) is 0 Å². The van der Waals surface area contributed by atoms with Gasteiger partial charge in [0.15, 0.2) is 0 Å². The fourth-order valence-electron chi connectivity index (χ4n) is 4.92. The Balaban J connectivity index is 1.33. The molecule has 0 amide bonds. The van der Waals surface area contributed by atoms with Crippen molar-refractivity contribution < 1.29 is 24.1 Å². The number of carbonyl (C=O) groups is 1. The number of carboxylic acids is 1. The molecule has 3 aliphatic rings. The van der Waals surface area contributed by atoms with Gasteiger partial charge < -0.3 is 19.3 Å². The van der Waals surface area contributed by atoms with E-state index in [1.54, 1.807) is 0 Å². The van der Waals surface area contributed by atoms with Crippen LogP contribution < -0.4 is 0 Å². The third-order valence-corrected chi connectivity index (χ3v) is 6.22. The van der Waals surface area contributed by atoms with Crippen LogP contribution in [0.1, 0.15) is 70.6 Å². The predicted molar refractivity (Wildman–Crippen MR) is 94.6 cm³/mol. The standard InChI is InChI=1S/C20H34O5/c21-20(22)7-4-12-23-13-10-16-17(19-9-8-18(16)25-19)11-14-24-15-5-2-1-3-6-15/h15-19H,1-14H2,(H,21,22). The molecule has 3 fully saturated rings. The van der Waals surface area contributed by atoms with Crippen molar-refractivity contribution in [2.45, 2.75) is 88.9 Å². The predicted octanol–water partition coefficient (Wildman–Crippen LogP) is 3.79. The van der Waals surface area contributed by atoms with Gasteiger partial charge >= 0.3 is 5.97 Å². The fourth-order valence-corrected chi connectivity index (χ4v) is 4.92. The van der Waals surface area contributed by atoms with Crippen molar-refractivity contribution in [3.8, 4) is 0 Å². The van der Waals surface area contributed by atoms with E-state index in [1.807, 2.05) is 0 Å². The van der Waals surface area contributed by atoms with Crippen molar-refractivity contribution in [1.29, 1.82) is 0 Å². The lowest BCUT2D eigenvalue weighted by molar-refractivity contribution is -0.137. The third-order valence-electron chi connectivity index (χ3n) is 6.22. The van der Waals surface area contributed by atoms with Gasteiger partial charge in [-0.2, -0.15) is 0 Å². The Bertz CT molecular complexity index is 407. The van der Waals surface area contributed by atoms with Crippen LogP contribution in [0, 0.1) is 11.8 Å². The van der Waals surface area contributed by atoms with E-state index in [0.717, 1.165) is 26.1 Å². The Morgan fingerprint density at radius 3 is 2.28 bits per heavy atom. The van der Waals surface area contributed by atoms with E-state index < -0.39 is 5.97 Å². The highest BCUT2D eigenvalue weighted by Crippen LogP contribution is 2.46. The summed E-state index contributed by atoms with van der Waals surface area (Å²) in [5, 5.41) is 8.64. The number of hydrogen-bond acceptors (Lipinski definition) is 4. The zero-order chi connectivity index (χ0) is 17.5. The maximum atomic E-state index is 10.5. The smallest absolute Gasteiger partial charge is 0.303 e. The first kappa shape index (κ1) is 19.1. The number of ether oxygens (including phenoxy) is 3. The Kier molecular flexibility index (Phi) is 7.56. The van der Waals surface area contributed by atoms with Crippen LogP contribution in [0.4, 0.5) is 0 Å². The zero-order valence-electron chi connectivity index (χ0n) is 15.4. The average molecular weight is 354 g/mol. The maximum Gasteiger partial charge on any atom is 0.303 e. The molecule has 0 aromatic carbocycles. The molecule has 25 heavy (non-hydrogen) atoms. The number of rotatable bonds is 11. The van der Waals surface area contributed by atoms with Gasteiger partial charge in [-0.05, 0) is 56.8 Å². The summed E-state index contributed by atoms with van der Waals surface area (Å²) in [6.07, 6.45) is 13.1. The van der Waals surface area contributed by atoms with E-state index in [9.17, 15) is 4.79 Å². The zero-order valence-corrected chi connectivity index (χ0v) is 15.4. The molecule has 0 aromatic heterocycles. The lowest BCUT2D eigenvalue weighted by Gasteiger charge is -2.29. The van der Waals surface area contributed by atoms with Crippen molar-refractivity contribution in [1.82, 2.24) is 0 Å². The lowest BCUT2D eigenvalue weighted by Crippen LogP contribution is -2.30. The highest BCUT2D eigenvalue weighted by molar-refractivity contribution is 5.66. The van der Waals surface area contributed by atoms with Crippen LogP contribution in [0.25, 0.3) is 0 Å². The van der Waals surface area contributed by atoms with Crippen molar-refractivity contribution in [2.75, 3.05) is 19.8 Å². The molecule has 4 unspecified atom stereocenters. The van der Waals surface area contributed by atoms with Crippen LogP contribution in [0.5, 0.6) is 0 Å². The quantitative estimate of drug-likeness (QED) is 0.572. The first-order chi connectivity index (χ1) is 12.2. The van der Waals surface area contributed by atoms with E-state index in [-0.39, 0.29) is 6.42 Å². The SMILES string of the molecule is O=C(O)CCCOCCC1C2CCC(O2)C1CCOC1CCCCC1. The Morgan fingerprint density at radius 1 is 0.920 bits per heavy atom. The maximum absolute atomic E-state index is 10.5. The van der Waals surface area contributed by atoms with Gasteiger partial charge in [0, 0.05) is 26.2 Å². The summed E-state index contributed by atoms with van der Waals surface area (Å²) in [6.45, 7) is 2.14. The Hall–Kier alpha value is -0.650. The van der Waals surface area contributed by atoms with Crippen molar-refractivity contribution in [2.24, 2.45) is 11.8 Å². The van der Waals surface area contributed by atoms with E-state index >= 15 is 0 Å². The van der Waals surface area contributed by atoms with Crippen LogP contribution in [0.15, 0.2) is 0 Å². The number of hydrogen-bond donors (Lipinski definition) is 1. The van der Waals surface area contributed by atoms with Crippen LogP contribution in [0.2, 0.25) is 0 Å². The molecule has 3 rings (SSSR count). The lowest BCUT2D eigenvalue weighted by atomic mass is 9.76. The Morgan fingerprint density at radius 2 is 1.60 bits per heavy atom. The molecule has 0 aromatic rings. The molecule has 2 saturated heterocycles. The molecule has 5 heteroatoms. The summed E-state index contributed by atoms with van der Waals surface area (Å²) in [6, 6.07) is 0. The number of fused-ring (bicyclic) bond motifs is 2. The second kappa shape index (κ2) is 9.89. The molecule has 1 aliphatic carbocycles. The highest BCUT2D eigenvalue weighted by Gasteiger charge is 2.47. The fraction of sp³-hybridized carbons (Fsp3) is 0.950. The molecule has 2 heterocycles. The summed E-state index contributed by atoms with van der Waals surface area (Å²) >= 11 is 0. The first-order valence-corrected chi connectivity index (χ1v) is 10.3. The van der Waals surface area contributed by atoms with Gasteiger partial charge in [0.1, 0.15) is 0 Å². The monoisotopic (exact) mass is 354 g/mol. The topological polar surface area (TPSA) is 65.0 Å². The van der Waals surface area contributed by atoms with Crippen molar-refractivity contribution in [3.05, 3.63) is 0 Å². The highest BCUT2D eigenvalue weighted by atomic mass is 16.5. The largest absolute Gasteiger partial charge is 0.481 e. The summed E-state index contributed by atoms with van der Waals surface area (Å²) in [7, 11) is 0. The third kappa shape index (κ3) is 5.66. The molecule has 4 atom stereocenters. The molecule has 5 nitrogen and oxygen atoms in total. The molecule has 1 N–H and O–H groups in total. The molecule has 2 bridgehead atoms. The van der Waals surface area contributed by atoms with Gasteiger partial charge in [0.25, 0.3) is 0 Å². The minimum absolute atomic E-state index is 0.193. The first-order valence-electron chi connectivity index (χ1n) is 10.3. The van der Waals surface area contributed by atoms with E-state index in [4.69, 9.17) is 19.3 Å². The molecular formula is C20H34O5. The minimum atomic E-state index is -0.747. The second-order valence-corrected chi connectivity index (χ2v) is 7.94. The minimum Gasteiger partial charge on any atom is -0.481 e. The molecule has 2 aliphatic heterocycles. The second-order valence-electron chi connectivity index (χ2n) is 7.94. The normalized spacial score (nSPS) is 32.3. The molecule has 1 saturated carbocycles. The summed E-state index contributed by atoms with van der Waals surface area (Å²) in [5.74, 6) is 0.460. The van der Waals surface area contributed by atoms with Gasteiger partial charge in [-0.3, -0.25) is 4.79 Å². The van der Waals surface area contributed by atoms with Gasteiger partial charge in [-0.15, -0.1) is 0 Å². The van der Waals surface area contributed by atoms with E-state index in [0.29, 0.717) is 43.2 Å². The molecular weight excluding hydrogens is 320 g/mol. The molecule has 0 spiro atoms. The Labute approximate surface area is 151 Å². The van der Waals surface area contributed by atoms with E-state index in [1.165, 1.54) is 44.9 Å². The van der Waals surface area contributed by atoms with E-state index in [2.05, 4.69) is 0 Å². The van der Waals surface area contributed by atoms with Gasteiger partial charge in [0.05, 0.1) is 18.3 Å². The van der Waals surface area contributed by atoms with Crippen LogP contribution in [-0.4, -0.2) is 49.2 Å². The summed E-state index contributed by atoms with van der Waals surface area (Å²) in [5.41, 5.74) is 0. The van der Waals surface area contributed by atoms with Crippen molar-refractivity contribution >= 4 is 5.97 Å². The van der Waals surface area contributed by atoms with Crippen LogP contribution >= 0.6 is 0 Å². The molecule has 0 radical (unpaired) electrons. The average Bonchev–Trinajstić information content (AvgIpc) is 3.21. The van der Waals surface area contributed by atoms with Crippen molar-refractivity contribution in [3.63, 3.8) is 0 Å². The summed E-state index contributed by atoms with van der Waals surface area (Å²) in [4.78, 5) is 10.5. The number of aliphatic carboxylic acids is 1. The molecule has 144 valence electrons. The van der Waals surface area contributed by atoms with Gasteiger partial charge in [-0.1, -0.05) is 19.3 Å². The van der Waals surface area contributed by atoms with Crippen LogP contribution in [-0.2, 0) is 19.0 Å². The summed E-state index contributed by atoms with van der Waals surface area (Å²) < 4.78 is 18.0. The van der Waals surface area contributed by atoms with Gasteiger partial charge in [-0.25, -0.2) is 0 Å². The number of carboxylic acid groups (broad SMARTS) is 1.